The molecule has 0 aromatic carbocycles. The van der Waals surface area contributed by atoms with E-state index in [0.717, 1.165) is 0 Å². The second-order valence-corrected chi connectivity index (χ2v) is 4.40. The zero-order valence-electron chi connectivity index (χ0n) is 7.73. The van der Waals surface area contributed by atoms with Crippen molar-refractivity contribution < 1.29 is 18.1 Å². The number of rotatable bonds is 7. The van der Waals surface area contributed by atoms with Crippen LogP contribution in [0, 0.1) is 0 Å². The highest BCUT2D eigenvalue weighted by atomic mass is 32.2. The Bertz CT molecular complexity index is 215. The lowest BCUT2D eigenvalue weighted by molar-refractivity contribution is 0.283. The van der Waals surface area contributed by atoms with Crippen molar-refractivity contribution in [3.63, 3.8) is 0 Å². The molecule has 0 bridgehead atoms. The van der Waals surface area contributed by atoms with Crippen LogP contribution in [0.2, 0.25) is 0 Å². The maximum Gasteiger partial charge on any atom is 0.281 e. The molecule has 6 heteroatoms. The van der Waals surface area contributed by atoms with Gasteiger partial charge in [0.2, 0.25) is 0 Å². The lowest BCUT2D eigenvalue weighted by Crippen LogP contribution is -2.36. The fourth-order valence-corrected chi connectivity index (χ4v) is 1.71. The molecule has 80 valence electrons. The fourth-order valence-electron chi connectivity index (χ4n) is 0.960. The summed E-state index contributed by atoms with van der Waals surface area (Å²) < 4.78 is 30.0. The molecule has 0 fully saturated rings. The molecule has 0 radical (unpaired) electrons. The largest absolute Gasteiger partial charge is 0.396 e. The van der Waals surface area contributed by atoms with E-state index in [1.807, 2.05) is 0 Å². The second-order valence-electron chi connectivity index (χ2n) is 2.80. The molecule has 0 aliphatic heterocycles. The van der Waals surface area contributed by atoms with Gasteiger partial charge in [0.05, 0.1) is 0 Å². The Morgan fingerprint density at radius 1 is 1.38 bits per heavy atom. The molecular formula is C7H17NO4S. The molecule has 0 amide bonds. The van der Waals surface area contributed by atoms with Crippen LogP contribution in [0.15, 0.2) is 0 Å². The predicted molar refractivity (Wildman–Crippen MR) is 50.0 cm³/mol. The number of hydrogen-bond donors (Lipinski definition) is 3. The first-order valence-corrected chi connectivity index (χ1v) is 5.83. The molecule has 3 N–H and O–H groups in total. The standard InChI is InChI=1S/C7H17NO4S/c1-2-7(13(10,11)12)8-5-3-4-6-9/h7-9H,2-6H2,1H3,(H,10,11,12). The summed E-state index contributed by atoms with van der Waals surface area (Å²) in [5, 5.41) is 10.3. The molecule has 0 aromatic heterocycles. The van der Waals surface area contributed by atoms with Crippen LogP contribution < -0.4 is 5.32 Å². The minimum Gasteiger partial charge on any atom is -0.396 e. The first-order valence-electron chi connectivity index (χ1n) is 4.33. The van der Waals surface area contributed by atoms with E-state index in [4.69, 9.17) is 9.66 Å². The quantitative estimate of drug-likeness (QED) is 0.407. The smallest absolute Gasteiger partial charge is 0.281 e. The number of aliphatic hydroxyl groups is 1. The van der Waals surface area contributed by atoms with E-state index < -0.39 is 15.5 Å². The van der Waals surface area contributed by atoms with Crippen LogP contribution in [0.25, 0.3) is 0 Å². The minimum absolute atomic E-state index is 0.102. The zero-order chi connectivity index (χ0) is 10.3. The first kappa shape index (κ1) is 12.8. The number of nitrogens with one attached hydrogen (secondary N) is 1. The third kappa shape index (κ3) is 5.98. The molecule has 0 rings (SSSR count). The lowest BCUT2D eigenvalue weighted by atomic mass is 10.3. The average Bonchev–Trinajstić information content (AvgIpc) is 2.02. The summed E-state index contributed by atoms with van der Waals surface area (Å²) in [5.41, 5.74) is 0. The summed E-state index contributed by atoms with van der Waals surface area (Å²) in [6, 6.07) is 0. The van der Waals surface area contributed by atoms with Crippen molar-refractivity contribution in [2.75, 3.05) is 13.2 Å². The summed E-state index contributed by atoms with van der Waals surface area (Å²) in [4.78, 5) is 0. The van der Waals surface area contributed by atoms with Gasteiger partial charge in [-0.2, -0.15) is 8.42 Å². The Labute approximate surface area is 78.9 Å². The van der Waals surface area contributed by atoms with E-state index in [0.29, 0.717) is 25.8 Å². The summed E-state index contributed by atoms with van der Waals surface area (Å²) in [7, 11) is -3.98. The SMILES string of the molecule is CCC(NCCCCO)S(=O)(=O)O. The van der Waals surface area contributed by atoms with Crippen molar-refractivity contribution in [3.8, 4) is 0 Å². The normalized spacial score (nSPS) is 14.4. The molecule has 0 spiro atoms. The van der Waals surface area contributed by atoms with E-state index in [9.17, 15) is 8.42 Å². The summed E-state index contributed by atoms with van der Waals surface area (Å²) in [6.45, 7) is 2.26. The van der Waals surface area contributed by atoms with E-state index in [-0.39, 0.29) is 6.61 Å². The fraction of sp³-hybridized carbons (Fsp3) is 1.00. The molecule has 0 heterocycles. The zero-order valence-corrected chi connectivity index (χ0v) is 8.55. The molecule has 0 aliphatic rings. The number of hydrogen-bond acceptors (Lipinski definition) is 4. The van der Waals surface area contributed by atoms with Gasteiger partial charge < -0.3 is 5.11 Å². The van der Waals surface area contributed by atoms with Gasteiger partial charge in [-0.1, -0.05) is 6.92 Å². The van der Waals surface area contributed by atoms with E-state index in [2.05, 4.69) is 5.32 Å². The van der Waals surface area contributed by atoms with E-state index >= 15 is 0 Å². The second kappa shape index (κ2) is 6.31. The summed E-state index contributed by atoms with van der Waals surface area (Å²) >= 11 is 0. The summed E-state index contributed by atoms with van der Waals surface area (Å²) in [5.74, 6) is 0. The van der Waals surface area contributed by atoms with Gasteiger partial charge in [0, 0.05) is 6.61 Å². The van der Waals surface area contributed by atoms with Crippen LogP contribution in [0.5, 0.6) is 0 Å². The van der Waals surface area contributed by atoms with Crippen LogP contribution in [-0.4, -0.2) is 36.6 Å². The lowest BCUT2D eigenvalue weighted by Gasteiger charge is -2.12. The highest BCUT2D eigenvalue weighted by molar-refractivity contribution is 7.86. The van der Waals surface area contributed by atoms with Gasteiger partial charge >= 0.3 is 0 Å². The summed E-state index contributed by atoms with van der Waals surface area (Å²) in [6.07, 6.45) is 1.66. The highest BCUT2D eigenvalue weighted by Gasteiger charge is 2.19. The number of aliphatic hydroxyl groups excluding tert-OH is 1. The Kier molecular flexibility index (Phi) is 6.23. The van der Waals surface area contributed by atoms with Gasteiger partial charge in [0.15, 0.2) is 0 Å². The topological polar surface area (TPSA) is 86.6 Å². The Morgan fingerprint density at radius 3 is 2.38 bits per heavy atom. The third-order valence-electron chi connectivity index (χ3n) is 1.69. The van der Waals surface area contributed by atoms with Crippen molar-refractivity contribution in [2.45, 2.75) is 31.6 Å². The van der Waals surface area contributed by atoms with Crippen molar-refractivity contribution in [2.24, 2.45) is 0 Å². The van der Waals surface area contributed by atoms with Crippen molar-refractivity contribution in [1.29, 1.82) is 0 Å². The molecule has 0 aliphatic carbocycles. The van der Waals surface area contributed by atoms with Gasteiger partial charge in [-0.15, -0.1) is 0 Å². The van der Waals surface area contributed by atoms with E-state index in [1.54, 1.807) is 6.92 Å². The first-order chi connectivity index (χ1) is 6.02. The molecule has 13 heavy (non-hydrogen) atoms. The monoisotopic (exact) mass is 211 g/mol. The molecular weight excluding hydrogens is 194 g/mol. The highest BCUT2D eigenvalue weighted by Crippen LogP contribution is 1.99. The van der Waals surface area contributed by atoms with Crippen LogP contribution in [0.4, 0.5) is 0 Å². The molecule has 0 saturated carbocycles. The average molecular weight is 211 g/mol. The van der Waals surface area contributed by atoms with Gasteiger partial charge in [0.1, 0.15) is 5.37 Å². The van der Waals surface area contributed by atoms with Crippen LogP contribution >= 0.6 is 0 Å². The predicted octanol–water partition coefficient (Wildman–Crippen LogP) is -0.0276. The van der Waals surface area contributed by atoms with Gasteiger partial charge in [0.25, 0.3) is 10.1 Å². The molecule has 0 saturated heterocycles. The van der Waals surface area contributed by atoms with Gasteiger partial charge in [-0.25, -0.2) is 0 Å². The third-order valence-corrected chi connectivity index (χ3v) is 2.91. The number of unbranched alkanes of at least 4 members (excludes halogenated alkanes) is 1. The van der Waals surface area contributed by atoms with Crippen molar-refractivity contribution in [1.82, 2.24) is 5.32 Å². The molecule has 5 nitrogen and oxygen atoms in total. The Morgan fingerprint density at radius 2 is 2.00 bits per heavy atom. The van der Waals surface area contributed by atoms with Gasteiger partial charge in [-0.05, 0) is 25.8 Å². The molecule has 1 unspecified atom stereocenters. The van der Waals surface area contributed by atoms with Crippen molar-refractivity contribution >= 4 is 10.1 Å². The van der Waals surface area contributed by atoms with Gasteiger partial charge in [-0.3, -0.25) is 9.87 Å². The molecule has 1 atom stereocenters. The van der Waals surface area contributed by atoms with Crippen LogP contribution in [-0.2, 0) is 10.1 Å². The molecule has 0 aromatic rings. The van der Waals surface area contributed by atoms with E-state index in [1.165, 1.54) is 0 Å². The minimum atomic E-state index is -3.98. The maximum atomic E-state index is 10.7. The van der Waals surface area contributed by atoms with Crippen molar-refractivity contribution in [3.05, 3.63) is 0 Å². The Hall–Kier alpha value is -0.170. The Balaban J connectivity index is 3.74. The maximum absolute atomic E-state index is 10.7. The van der Waals surface area contributed by atoms with Crippen LogP contribution in [0.3, 0.4) is 0 Å². The van der Waals surface area contributed by atoms with Crippen LogP contribution in [0.1, 0.15) is 26.2 Å².